The molecule has 1 aliphatic heterocycles. The number of nitrogens with zero attached hydrogens (tertiary/aromatic N) is 2. The summed E-state index contributed by atoms with van der Waals surface area (Å²) in [5, 5.41) is 10.6. The molecular formula is C21H21N3O5. The molecule has 150 valence electrons. The molecule has 0 bridgehead atoms. The molecule has 1 amide bonds. The Hall–Kier alpha value is -3.26. The van der Waals surface area contributed by atoms with E-state index in [0.717, 1.165) is 12.0 Å². The van der Waals surface area contributed by atoms with Crippen molar-refractivity contribution in [3.63, 3.8) is 0 Å². The van der Waals surface area contributed by atoms with Gasteiger partial charge in [-0.3, -0.25) is 4.79 Å². The van der Waals surface area contributed by atoms with E-state index in [-0.39, 0.29) is 11.5 Å². The Kier molecular flexibility index (Phi) is 5.02. The predicted molar refractivity (Wildman–Crippen MR) is 105 cm³/mol. The fourth-order valence-corrected chi connectivity index (χ4v) is 3.35. The van der Waals surface area contributed by atoms with Crippen LogP contribution in [0.25, 0.3) is 11.5 Å². The summed E-state index contributed by atoms with van der Waals surface area (Å²) in [6.45, 7) is 6.46. The normalized spacial score (nSPS) is 16.2. The van der Waals surface area contributed by atoms with Gasteiger partial charge in [-0.2, -0.15) is 0 Å². The van der Waals surface area contributed by atoms with Crippen LogP contribution in [0.5, 0.6) is 0 Å². The smallest absolute Gasteiger partial charge is 0.349 e. The SMILES string of the molecule is Cc1nnc(-c2ccc(C)c(NC(=O)c3c(C)cc(C4CCOC4)oc3=O)c2)o1. The van der Waals surface area contributed by atoms with Gasteiger partial charge >= 0.3 is 5.63 Å². The number of aryl methyl sites for hydroxylation is 3. The summed E-state index contributed by atoms with van der Waals surface area (Å²) in [5.41, 5.74) is 1.97. The number of rotatable bonds is 4. The minimum absolute atomic E-state index is 0.00824. The van der Waals surface area contributed by atoms with Crippen LogP contribution < -0.4 is 10.9 Å². The minimum Gasteiger partial charge on any atom is -0.427 e. The van der Waals surface area contributed by atoms with Gasteiger partial charge in [0.05, 0.1) is 6.61 Å². The summed E-state index contributed by atoms with van der Waals surface area (Å²) >= 11 is 0. The fourth-order valence-electron chi connectivity index (χ4n) is 3.35. The number of anilines is 1. The van der Waals surface area contributed by atoms with Crippen LogP contribution in [0.3, 0.4) is 0 Å². The summed E-state index contributed by atoms with van der Waals surface area (Å²) in [6, 6.07) is 7.15. The van der Waals surface area contributed by atoms with Gasteiger partial charge in [0.25, 0.3) is 5.91 Å². The third-order valence-corrected chi connectivity index (χ3v) is 4.99. The summed E-state index contributed by atoms with van der Waals surface area (Å²) in [7, 11) is 0. The highest BCUT2D eigenvalue weighted by Gasteiger charge is 2.24. The summed E-state index contributed by atoms with van der Waals surface area (Å²) < 4.78 is 16.2. The number of benzene rings is 1. The molecule has 0 saturated carbocycles. The van der Waals surface area contributed by atoms with E-state index in [1.165, 1.54) is 0 Å². The zero-order chi connectivity index (χ0) is 20.5. The second kappa shape index (κ2) is 7.63. The monoisotopic (exact) mass is 395 g/mol. The summed E-state index contributed by atoms with van der Waals surface area (Å²) in [4.78, 5) is 25.4. The molecule has 0 aliphatic carbocycles. The maximum Gasteiger partial charge on any atom is 0.349 e. The molecule has 1 unspecified atom stereocenters. The van der Waals surface area contributed by atoms with Gasteiger partial charge < -0.3 is 18.9 Å². The second-order valence-corrected chi connectivity index (χ2v) is 7.16. The van der Waals surface area contributed by atoms with Crippen LogP contribution in [-0.4, -0.2) is 29.3 Å². The van der Waals surface area contributed by atoms with Crippen molar-refractivity contribution in [1.82, 2.24) is 10.2 Å². The van der Waals surface area contributed by atoms with Gasteiger partial charge in [-0.1, -0.05) is 6.07 Å². The number of aromatic nitrogens is 2. The lowest BCUT2D eigenvalue weighted by Gasteiger charge is -2.12. The van der Waals surface area contributed by atoms with Crippen LogP contribution in [0.4, 0.5) is 5.69 Å². The number of nitrogens with one attached hydrogen (secondary N) is 1. The van der Waals surface area contributed by atoms with Gasteiger partial charge in [0.15, 0.2) is 0 Å². The third-order valence-electron chi connectivity index (χ3n) is 4.99. The van der Waals surface area contributed by atoms with E-state index >= 15 is 0 Å². The Morgan fingerprint density at radius 3 is 2.59 bits per heavy atom. The van der Waals surface area contributed by atoms with Crippen molar-refractivity contribution in [2.24, 2.45) is 0 Å². The first-order valence-corrected chi connectivity index (χ1v) is 9.37. The number of ether oxygens (including phenoxy) is 1. The van der Waals surface area contributed by atoms with E-state index in [9.17, 15) is 9.59 Å². The lowest BCUT2D eigenvalue weighted by Crippen LogP contribution is -2.24. The topological polar surface area (TPSA) is 107 Å². The average molecular weight is 395 g/mol. The molecule has 0 spiro atoms. The molecule has 1 aromatic carbocycles. The molecule has 1 fully saturated rings. The Morgan fingerprint density at radius 1 is 1.10 bits per heavy atom. The van der Waals surface area contributed by atoms with Crippen molar-refractivity contribution >= 4 is 11.6 Å². The second-order valence-electron chi connectivity index (χ2n) is 7.16. The fraction of sp³-hybridized carbons (Fsp3) is 0.333. The Balaban J connectivity index is 1.62. The number of carbonyl (C=O) groups is 1. The van der Waals surface area contributed by atoms with Gasteiger partial charge in [-0.05, 0) is 49.6 Å². The lowest BCUT2D eigenvalue weighted by atomic mass is 10.0. The predicted octanol–water partition coefficient (Wildman–Crippen LogP) is 3.37. The molecule has 1 N–H and O–H groups in total. The van der Waals surface area contributed by atoms with Gasteiger partial charge in [-0.15, -0.1) is 10.2 Å². The largest absolute Gasteiger partial charge is 0.427 e. The lowest BCUT2D eigenvalue weighted by molar-refractivity contribution is 0.102. The molecule has 3 heterocycles. The molecule has 8 heteroatoms. The zero-order valence-corrected chi connectivity index (χ0v) is 16.4. The first kappa shape index (κ1) is 19.1. The van der Waals surface area contributed by atoms with Gasteiger partial charge in [0.2, 0.25) is 11.8 Å². The highest BCUT2D eigenvalue weighted by atomic mass is 16.5. The molecule has 1 atom stereocenters. The quantitative estimate of drug-likeness (QED) is 0.721. The zero-order valence-electron chi connectivity index (χ0n) is 16.4. The van der Waals surface area contributed by atoms with E-state index < -0.39 is 11.5 Å². The van der Waals surface area contributed by atoms with Crippen molar-refractivity contribution in [1.29, 1.82) is 0 Å². The molecular weight excluding hydrogens is 374 g/mol. The maximum atomic E-state index is 12.8. The number of amides is 1. The van der Waals surface area contributed by atoms with E-state index in [1.807, 2.05) is 19.1 Å². The summed E-state index contributed by atoms with van der Waals surface area (Å²) in [6.07, 6.45) is 0.801. The van der Waals surface area contributed by atoms with Crippen molar-refractivity contribution in [2.45, 2.75) is 33.1 Å². The van der Waals surface area contributed by atoms with Gasteiger partial charge in [0.1, 0.15) is 11.3 Å². The number of hydrogen-bond acceptors (Lipinski definition) is 7. The van der Waals surface area contributed by atoms with E-state index in [2.05, 4.69) is 15.5 Å². The van der Waals surface area contributed by atoms with Crippen molar-refractivity contribution < 1.29 is 18.4 Å². The van der Waals surface area contributed by atoms with Crippen molar-refractivity contribution in [3.8, 4) is 11.5 Å². The third kappa shape index (κ3) is 3.84. The highest BCUT2D eigenvalue weighted by molar-refractivity contribution is 6.05. The highest BCUT2D eigenvalue weighted by Crippen LogP contribution is 2.27. The average Bonchev–Trinajstić information content (AvgIpc) is 3.35. The maximum absolute atomic E-state index is 12.8. The molecule has 4 rings (SSSR count). The molecule has 2 aromatic heterocycles. The number of carbonyl (C=O) groups excluding carboxylic acids is 1. The van der Waals surface area contributed by atoms with Gasteiger partial charge in [0, 0.05) is 30.7 Å². The standard InChI is InChI=1S/C21H21N3O5/c1-11-4-5-14(20-24-23-13(3)28-20)9-16(11)22-19(25)18-12(2)8-17(29-21(18)26)15-6-7-27-10-15/h4-5,8-9,15H,6-7,10H2,1-3H3,(H,22,25). The van der Waals surface area contributed by atoms with Crippen molar-refractivity contribution in [3.05, 3.63) is 63.0 Å². The minimum atomic E-state index is -0.647. The van der Waals surface area contributed by atoms with Crippen LogP contribution in [0, 0.1) is 20.8 Å². The first-order chi connectivity index (χ1) is 13.9. The Bertz CT molecular complexity index is 1130. The van der Waals surface area contributed by atoms with Gasteiger partial charge in [-0.25, -0.2) is 4.79 Å². The van der Waals surface area contributed by atoms with E-state index in [0.29, 0.717) is 47.6 Å². The van der Waals surface area contributed by atoms with Crippen LogP contribution in [0.1, 0.15) is 45.5 Å². The van der Waals surface area contributed by atoms with Crippen molar-refractivity contribution in [2.75, 3.05) is 18.5 Å². The molecule has 1 saturated heterocycles. The van der Waals surface area contributed by atoms with Crippen LogP contribution >= 0.6 is 0 Å². The van der Waals surface area contributed by atoms with Crippen LogP contribution in [0.15, 0.2) is 37.9 Å². The molecule has 29 heavy (non-hydrogen) atoms. The summed E-state index contributed by atoms with van der Waals surface area (Å²) in [5.74, 6) is 0.901. The molecule has 1 aliphatic rings. The Morgan fingerprint density at radius 2 is 1.93 bits per heavy atom. The van der Waals surface area contributed by atoms with E-state index in [4.69, 9.17) is 13.6 Å². The Labute approximate surface area is 166 Å². The van der Waals surface area contributed by atoms with E-state index in [1.54, 1.807) is 26.0 Å². The first-order valence-electron chi connectivity index (χ1n) is 9.37. The van der Waals surface area contributed by atoms with Crippen LogP contribution in [-0.2, 0) is 4.74 Å². The molecule has 8 nitrogen and oxygen atoms in total. The number of hydrogen-bond donors (Lipinski definition) is 1. The molecule has 3 aromatic rings. The van der Waals surface area contributed by atoms with Crippen LogP contribution in [0.2, 0.25) is 0 Å². The molecule has 0 radical (unpaired) electrons.